The minimum absolute atomic E-state index is 0.0385. The lowest BCUT2D eigenvalue weighted by Crippen LogP contribution is -2.20. The molecule has 0 aromatic heterocycles. The molecule has 0 atom stereocenters. The van der Waals surface area contributed by atoms with Crippen molar-refractivity contribution in [3.63, 3.8) is 0 Å². The van der Waals surface area contributed by atoms with E-state index in [0.29, 0.717) is 11.4 Å². The molecule has 0 heterocycles. The molecule has 0 aliphatic heterocycles. The molecule has 0 saturated heterocycles. The third kappa shape index (κ3) is 6.39. The highest BCUT2D eigenvalue weighted by atomic mass is 79.9. The molecule has 0 aliphatic rings. The minimum atomic E-state index is -0.332. The molecule has 0 fully saturated rings. The zero-order valence-corrected chi connectivity index (χ0v) is 15.2. The predicted octanol–water partition coefficient (Wildman–Crippen LogP) is 3.33. The Morgan fingerprint density at radius 1 is 1.12 bits per heavy atom. The van der Waals surface area contributed by atoms with Gasteiger partial charge in [0.1, 0.15) is 5.75 Å². The SMILES string of the molecule is COc1ccccc1NC(=O)CCC(=O)N/N=C/c1cccc(Br)c1. The Labute approximate surface area is 154 Å². The van der Waals surface area contributed by atoms with E-state index in [1.807, 2.05) is 30.3 Å². The van der Waals surface area contributed by atoms with Gasteiger partial charge in [0.05, 0.1) is 19.0 Å². The quantitative estimate of drug-likeness (QED) is 0.549. The van der Waals surface area contributed by atoms with E-state index in [9.17, 15) is 9.59 Å². The van der Waals surface area contributed by atoms with Crippen molar-refractivity contribution >= 4 is 39.6 Å². The van der Waals surface area contributed by atoms with Crippen molar-refractivity contribution in [1.82, 2.24) is 5.43 Å². The summed E-state index contributed by atoms with van der Waals surface area (Å²) in [6.07, 6.45) is 1.63. The molecular weight excluding hydrogens is 386 g/mol. The number of rotatable bonds is 7. The van der Waals surface area contributed by atoms with E-state index in [0.717, 1.165) is 10.0 Å². The summed E-state index contributed by atoms with van der Waals surface area (Å²) < 4.78 is 6.09. The summed E-state index contributed by atoms with van der Waals surface area (Å²) in [4.78, 5) is 23.7. The summed E-state index contributed by atoms with van der Waals surface area (Å²) in [5, 5.41) is 6.59. The third-order valence-corrected chi connectivity index (χ3v) is 3.70. The summed E-state index contributed by atoms with van der Waals surface area (Å²) in [7, 11) is 1.53. The number of hydrogen-bond donors (Lipinski definition) is 2. The van der Waals surface area contributed by atoms with Crippen LogP contribution in [0.5, 0.6) is 5.75 Å². The number of hydrazone groups is 1. The van der Waals surface area contributed by atoms with Gasteiger partial charge >= 0.3 is 0 Å². The molecule has 2 aromatic rings. The highest BCUT2D eigenvalue weighted by Crippen LogP contribution is 2.23. The van der Waals surface area contributed by atoms with Gasteiger partial charge in [0.25, 0.3) is 0 Å². The zero-order valence-electron chi connectivity index (χ0n) is 13.7. The van der Waals surface area contributed by atoms with Crippen LogP contribution in [0.1, 0.15) is 18.4 Å². The Bertz CT molecular complexity index is 778. The number of para-hydroxylation sites is 2. The van der Waals surface area contributed by atoms with Gasteiger partial charge in [-0.15, -0.1) is 0 Å². The molecule has 0 radical (unpaired) electrons. The van der Waals surface area contributed by atoms with Crippen molar-refractivity contribution in [3.8, 4) is 5.75 Å². The first-order valence-electron chi connectivity index (χ1n) is 7.59. The molecule has 0 spiro atoms. The van der Waals surface area contributed by atoms with Crippen LogP contribution in [0.2, 0.25) is 0 Å². The number of halogens is 1. The lowest BCUT2D eigenvalue weighted by Gasteiger charge is -2.09. The molecule has 6 nitrogen and oxygen atoms in total. The Kier molecular flexibility index (Phi) is 7.16. The maximum absolute atomic E-state index is 11.9. The van der Waals surface area contributed by atoms with Gasteiger partial charge in [-0.05, 0) is 29.8 Å². The second-order valence-corrected chi connectivity index (χ2v) is 6.01. The first-order chi connectivity index (χ1) is 12.1. The Balaban J connectivity index is 1.76. The highest BCUT2D eigenvalue weighted by Gasteiger charge is 2.09. The molecule has 25 heavy (non-hydrogen) atoms. The van der Waals surface area contributed by atoms with Crippen LogP contribution in [0.25, 0.3) is 0 Å². The van der Waals surface area contributed by atoms with E-state index in [1.165, 1.54) is 13.3 Å². The Hall–Kier alpha value is -2.67. The van der Waals surface area contributed by atoms with Crippen molar-refractivity contribution < 1.29 is 14.3 Å². The van der Waals surface area contributed by atoms with Crippen LogP contribution in [0, 0.1) is 0 Å². The van der Waals surface area contributed by atoms with E-state index < -0.39 is 0 Å². The lowest BCUT2D eigenvalue weighted by molar-refractivity contribution is -0.124. The number of hydrogen-bond acceptors (Lipinski definition) is 4. The van der Waals surface area contributed by atoms with Crippen LogP contribution in [0.4, 0.5) is 5.69 Å². The fourth-order valence-electron chi connectivity index (χ4n) is 2.01. The fourth-order valence-corrected chi connectivity index (χ4v) is 2.43. The molecular formula is C18H18BrN3O3. The Morgan fingerprint density at radius 2 is 1.88 bits per heavy atom. The van der Waals surface area contributed by atoms with E-state index in [-0.39, 0.29) is 24.7 Å². The van der Waals surface area contributed by atoms with Gasteiger partial charge in [0.15, 0.2) is 0 Å². The first kappa shape index (κ1) is 18.7. The van der Waals surface area contributed by atoms with Crippen molar-refractivity contribution in [3.05, 3.63) is 58.6 Å². The van der Waals surface area contributed by atoms with Gasteiger partial charge in [-0.25, -0.2) is 5.43 Å². The van der Waals surface area contributed by atoms with E-state index in [1.54, 1.807) is 18.2 Å². The standard InChI is InChI=1S/C18H18BrN3O3/c1-25-16-8-3-2-7-15(16)21-17(23)9-10-18(24)22-20-12-13-5-4-6-14(19)11-13/h2-8,11-12H,9-10H2,1H3,(H,21,23)(H,22,24)/b20-12+. The van der Waals surface area contributed by atoms with Gasteiger partial charge in [-0.1, -0.05) is 40.2 Å². The molecule has 0 unspecified atom stereocenters. The molecule has 0 aliphatic carbocycles. The number of nitrogens with one attached hydrogen (secondary N) is 2. The predicted molar refractivity (Wildman–Crippen MR) is 101 cm³/mol. The fraction of sp³-hybridized carbons (Fsp3) is 0.167. The van der Waals surface area contributed by atoms with Crippen LogP contribution in [0.3, 0.4) is 0 Å². The first-order valence-corrected chi connectivity index (χ1v) is 8.38. The van der Waals surface area contributed by atoms with E-state index in [4.69, 9.17) is 4.74 Å². The minimum Gasteiger partial charge on any atom is -0.495 e. The molecule has 0 bridgehead atoms. The highest BCUT2D eigenvalue weighted by molar-refractivity contribution is 9.10. The van der Waals surface area contributed by atoms with Gasteiger partial charge in [0, 0.05) is 17.3 Å². The van der Waals surface area contributed by atoms with Crippen LogP contribution >= 0.6 is 15.9 Å². The van der Waals surface area contributed by atoms with Crippen LogP contribution in [0.15, 0.2) is 58.1 Å². The molecule has 2 amide bonds. The number of ether oxygens (including phenoxy) is 1. The summed E-state index contributed by atoms with van der Waals surface area (Å²) in [5.41, 5.74) is 3.83. The molecule has 7 heteroatoms. The smallest absolute Gasteiger partial charge is 0.240 e. The van der Waals surface area contributed by atoms with Crippen molar-refractivity contribution in [1.29, 1.82) is 0 Å². The number of anilines is 1. The van der Waals surface area contributed by atoms with Crippen molar-refractivity contribution in [2.45, 2.75) is 12.8 Å². The molecule has 2 N–H and O–H groups in total. The van der Waals surface area contributed by atoms with Crippen LogP contribution < -0.4 is 15.5 Å². The second kappa shape index (κ2) is 9.58. The van der Waals surface area contributed by atoms with Gasteiger partial charge in [0.2, 0.25) is 11.8 Å². The maximum Gasteiger partial charge on any atom is 0.240 e. The number of carbonyl (C=O) groups excluding carboxylic acids is 2. The molecule has 0 saturated carbocycles. The number of amides is 2. The number of carbonyl (C=O) groups is 2. The average molecular weight is 404 g/mol. The molecule has 130 valence electrons. The van der Waals surface area contributed by atoms with E-state index in [2.05, 4.69) is 31.8 Å². The molecule has 2 aromatic carbocycles. The normalized spacial score (nSPS) is 10.5. The van der Waals surface area contributed by atoms with Crippen molar-refractivity contribution in [2.24, 2.45) is 5.10 Å². The van der Waals surface area contributed by atoms with Crippen LogP contribution in [-0.4, -0.2) is 25.1 Å². The molecule has 2 rings (SSSR count). The van der Waals surface area contributed by atoms with E-state index >= 15 is 0 Å². The van der Waals surface area contributed by atoms with Gasteiger partial charge < -0.3 is 10.1 Å². The summed E-state index contributed by atoms with van der Waals surface area (Å²) in [6.45, 7) is 0. The van der Waals surface area contributed by atoms with Gasteiger partial charge in [-0.2, -0.15) is 5.10 Å². The summed E-state index contributed by atoms with van der Waals surface area (Å²) in [6, 6.07) is 14.6. The van der Waals surface area contributed by atoms with Crippen LogP contribution in [-0.2, 0) is 9.59 Å². The average Bonchev–Trinajstić information content (AvgIpc) is 2.60. The largest absolute Gasteiger partial charge is 0.495 e. The lowest BCUT2D eigenvalue weighted by atomic mass is 10.2. The van der Waals surface area contributed by atoms with Gasteiger partial charge in [-0.3, -0.25) is 9.59 Å². The number of benzene rings is 2. The zero-order chi connectivity index (χ0) is 18.1. The maximum atomic E-state index is 11.9. The summed E-state index contributed by atoms with van der Waals surface area (Å²) in [5.74, 6) is -0.0315. The second-order valence-electron chi connectivity index (χ2n) is 5.10. The van der Waals surface area contributed by atoms with Crippen molar-refractivity contribution in [2.75, 3.05) is 12.4 Å². The number of methoxy groups -OCH3 is 1. The summed E-state index contributed by atoms with van der Waals surface area (Å²) >= 11 is 3.36. The number of nitrogens with zero attached hydrogens (tertiary/aromatic N) is 1. The third-order valence-electron chi connectivity index (χ3n) is 3.21. The topological polar surface area (TPSA) is 79.8 Å². The monoisotopic (exact) mass is 403 g/mol. The Morgan fingerprint density at radius 3 is 2.64 bits per heavy atom.